The Kier molecular flexibility index (Phi) is 5.32. The van der Waals surface area contributed by atoms with E-state index < -0.39 is 0 Å². The molecular formula is C21H27N3O3. The highest BCUT2D eigenvalue weighted by atomic mass is 16.5. The van der Waals surface area contributed by atoms with Crippen LogP contribution in [0.1, 0.15) is 41.8 Å². The molecule has 0 saturated heterocycles. The van der Waals surface area contributed by atoms with Gasteiger partial charge in [0.25, 0.3) is 0 Å². The Morgan fingerprint density at radius 2 is 2.26 bits per heavy atom. The molecule has 0 unspecified atom stereocenters. The number of ether oxygens (including phenoxy) is 2. The molecule has 4 rings (SSSR count). The maximum atomic E-state index is 12.3. The minimum absolute atomic E-state index is 0.0862. The number of carbonyl (C=O) groups excluding carboxylic acids is 1. The van der Waals surface area contributed by atoms with Gasteiger partial charge in [0.05, 0.1) is 19.4 Å². The number of aromatic nitrogens is 2. The van der Waals surface area contributed by atoms with Crippen LogP contribution in [0.25, 0.3) is 0 Å². The van der Waals surface area contributed by atoms with Gasteiger partial charge in [0.15, 0.2) is 0 Å². The SMILES string of the molecule is COc1ccc2c(c1)OC[C@H](CNC(=O)CCc1n[nH]c3c1CCCC3)C2. The van der Waals surface area contributed by atoms with Crippen molar-refractivity contribution in [3.63, 3.8) is 0 Å². The summed E-state index contributed by atoms with van der Waals surface area (Å²) in [6.45, 7) is 1.26. The van der Waals surface area contributed by atoms with Crippen LogP contribution in [0.4, 0.5) is 0 Å². The first-order valence-electron chi connectivity index (χ1n) is 9.84. The van der Waals surface area contributed by atoms with Crippen LogP contribution in [0.5, 0.6) is 11.5 Å². The van der Waals surface area contributed by atoms with Gasteiger partial charge in [-0.3, -0.25) is 9.89 Å². The smallest absolute Gasteiger partial charge is 0.220 e. The number of hydrogen-bond acceptors (Lipinski definition) is 4. The van der Waals surface area contributed by atoms with Crippen molar-refractivity contribution in [2.45, 2.75) is 44.9 Å². The molecule has 1 atom stereocenters. The minimum Gasteiger partial charge on any atom is -0.497 e. The summed E-state index contributed by atoms with van der Waals surface area (Å²) in [6, 6.07) is 5.92. The van der Waals surface area contributed by atoms with Crippen molar-refractivity contribution in [2.75, 3.05) is 20.3 Å². The number of aromatic amines is 1. The molecule has 144 valence electrons. The van der Waals surface area contributed by atoms with E-state index in [1.54, 1.807) is 7.11 Å². The van der Waals surface area contributed by atoms with Crippen molar-refractivity contribution >= 4 is 5.91 Å². The quantitative estimate of drug-likeness (QED) is 0.821. The van der Waals surface area contributed by atoms with E-state index in [9.17, 15) is 4.79 Å². The molecule has 2 aliphatic rings. The Bertz CT molecular complexity index is 815. The Labute approximate surface area is 159 Å². The van der Waals surface area contributed by atoms with E-state index in [2.05, 4.69) is 15.5 Å². The topological polar surface area (TPSA) is 76.2 Å². The van der Waals surface area contributed by atoms with Crippen LogP contribution in [0.15, 0.2) is 18.2 Å². The number of amides is 1. The zero-order chi connectivity index (χ0) is 18.6. The van der Waals surface area contributed by atoms with Crippen molar-refractivity contribution in [2.24, 2.45) is 5.92 Å². The lowest BCUT2D eigenvalue weighted by Gasteiger charge is -2.25. The fourth-order valence-electron chi connectivity index (χ4n) is 4.01. The van der Waals surface area contributed by atoms with Crippen LogP contribution < -0.4 is 14.8 Å². The summed E-state index contributed by atoms with van der Waals surface area (Å²) < 4.78 is 11.1. The van der Waals surface area contributed by atoms with E-state index in [-0.39, 0.29) is 5.91 Å². The highest BCUT2D eigenvalue weighted by Gasteiger charge is 2.21. The van der Waals surface area contributed by atoms with Crippen LogP contribution in [-0.2, 0) is 30.5 Å². The Morgan fingerprint density at radius 3 is 3.15 bits per heavy atom. The highest BCUT2D eigenvalue weighted by Crippen LogP contribution is 2.30. The maximum Gasteiger partial charge on any atom is 0.220 e. The third-order valence-electron chi connectivity index (χ3n) is 5.58. The van der Waals surface area contributed by atoms with Crippen LogP contribution in [-0.4, -0.2) is 36.4 Å². The molecular weight excluding hydrogens is 342 g/mol. The van der Waals surface area contributed by atoms with Gasteiger partial charge < -0.3 is 14.8 Å². The summed E-state index contributed by atoms with van der Waals surface area (Å²) in [5, 5.41) is 10.6. The number of aryl methyl sites for hydroxylation is 2. The zero-order valence-corrected chi connectivity index (χ0v) is 15.8. The molecule has 27 heavy (non-hydrogen) atoms. The number of benzene rings is 1. The molecule has 0 bridgehead atoms. The molecule has 1 aromatic heterocycles. The van der Waals surface area contributed by atoms with Gasteiger partial charge in [-0.25, -0.2) is 0 Å². The van der Waals surface area contributed by atoms with Gasteiger partial charge in [-0.05, 0) is 49.3 Å². The predicted octanol–water partition coefficient (Wildman–Crippen LogP) is 2.60. The van der Waals surface area contributed by atoms with Crippen LogP contribution >= 0.6 is 0 Å². The van der Waals surface area contributed by atoms with Crippen LogP contribution in [0, 0.1) is 5.92 Å². The van der Waals surface area contributed by atoms with Crippen molar-refractivity contribution in [3.05, 3.63) is 40.7 Å². The van der Waals surface area contributed by atoms with Gasteiger partial charge in [-0.2, -0.15) is 5.10 Å². The molecule has 1 aliphatic heterocycles. The van der Waals surface area contributed by atoms with Crippen molar-refractivity contribution in [1.29, 1.82) is 0 Å². The van der Waals surface area contributed by atoms with Gasteiger partial charge in [0, 0.05) is 37.1 Å². The second-order valence-electron chi connectivity index (χ2n) is 7.49. The Hall–Kier alpha value is -2.50. The normalized spacial score (nSPS) is 18.2. The molecule has 1 amide bonds. The first-order valence-corrected chi connectivity index (χ1v) is 9.84. The molecule has 0 spiro atoms. The number of nitrogens with one attached hydrogen (secondary N) is 2. The molecule has 1 aromatic carbocycles. The van der Waals surface area contributed by atoms with E-state index in [0.29, 0.717) is 31.9 Å². The minimum atomic E-state index is 0.0862. The lowest BCUT2D eigenvalue weighted by atomic mass is 9.94. The van der Waals surface area contributed by atoms with Crippen molar-refractivity contribution < 1.29 is 14.3 Å². The predicted molar refractivity (Wildman–Crippen MR) is 102 cm³/mol. The third kappa shape index (κ3) is 4.10. The molecule has 6 heteroatoms. The Balaban J connectivity index is 1.24. The second-order valence-corrected chi connectivity index (χ2v) is 7.49. The first kappa shape index (κ1) is 17.9. The molecule has 0 fully saturated rings. The van der Waals surface area contributed by atoms with E-state index in [4.69, 9.17) is 9.47 Å². The number of H-pyrrole nitrogens is 1. The molecule has 2 aromatic rings. The number of carbonyl (C=O) groups is 1. The second kappa shape index (κ2) is 8.03. The molecule has 1 aliphatic carbocycles. The third-order valence-corrected chi connectivity index (χ3v) is 5.58. The van der Waals surface area contributed by atoms with Gasteiger partial charge >= 0.3 is 0 Å². The van der Waals surface area contributed by atoms with E-state index in [1.807, 2.05) is 18.2 Å². The molecule has 2 heterocycles. The first-order chi connectivity index (χ1) is 13.2. The van der Waals surface area contributed by atoms with Gasteiger partial charge in [0.1, 0.15) is 11.5 Å². The van der Waals surface area contributed by atoms with Crippen molar-refractivity contribution in [1.82, 2.24) is 15.5 Å². The summed E-state index contributed by atoms with van der Waals surface area (Å²) in [5.74, 6) is 2.08. The lowest BCUT2D eigenvalue weighted by Crippen LogP contribution is -2.34. The molecule has 0 radical (unpaired) electrons. The van der Waals surface area contributed by atoms with Crippen LogP contribution in [0.3, 0.4) is 0 Å². The molecule has 6 nitrogen and oxygen atoms in total. The maximum absolute atomic E-state index is 12.3. The lowest BCUT2D eigenvalue weighted by molar-refractivity contribution is -0.121. The highest BCUT2D eigenvalue weighted by molar-refractivity contribution is 5.76. The number of fused-ring (bicyclic) bond motifs is 2. The molecule has 0 saturated carbocycles. The number of hydrogen-bond donors (Lipinski definition) is 2. The molecule has 2 N–H and O–H groups in total. The fourth-order valence-corrected chi connectivity index (χ4v) is 4.01. The monoisotopic (exact) mass is 369 g/mol. The average Bonchev–Trinajstić information content (AvgIpc) is 3.13. The standard InChI is InChI=1S/C21H27N3O3/c1-26-16-7-6-15-10-14(13-27-20(15)11-16)12-22-21(25)9-8-19-17-4-2-3-5-18(17)23-24-19/h6-7,11,14H,2-5,8-10,12-13H2,1H3,(H,22,25)(H,23,24)/t14-/m0/s1. The summed E-state index contributed by atoms with van der Waals surface area (Å²) in [7, 11) is 1.65. The fraction of sp³-hybridized carbons (Fsp3) is 0.524. The summed E-state index contributed by atoms with van der Waals surface area (Å²) in [6.07, 6.45) is 6.73. The van der Waals surface area contributed by atoms with Crippen molar-refractivity contribution in [3.8, 4) is 11.5 Å². The number of methoxy groups -OCH3 is 1. The Morgan fingerprint density at radius 1 is 1.37 bits per heavy atom. The van der Waals surface area contributed by atoms with Gasteiger partial charge in [0.2, 0.25) is 5.91 Å². The number of nitrogens with zero attached hydrogens (tertiary/aromatic N) is 1. The largest absolute Gasteiger partial charge is 0.497 e. The summed E-state index contributed by atoms with van der Waals surface area (Å²) in [4.78, 5) is 12.3. The zero-order valence-electron chi connectivity index (χ0n) is 15.8. The van der Waals surface area contributed by atoms with E-state index >= 15 is 0 Å². The van der Waals surface area contributed by atoms with Gasteiger partial charge in [-0.1, -0.05) is 6.07 Å². The summed E-state index contributed by atoms with van der Waals surface area (Å²) >= 11 is 0. The van der Waals surface area contributed by atoms with Gasteiger partial charge in [-0.15, -0.1) is 0 Å². The number of rotatable bonds is 6. The van der Waals surface area contributed by atoms with Crippen LogP contribution in [0.2, 0.25) is 0 Å². The van der Waals surface area contributed by atoms with E-state index in [1.165, 1.54) is 29.7 Å². The summed E-state index contributed by atoms with van der Waals surface area (Å²) in [5.41, 5.74) is 4.86. The van der Waals surface area contributed by atoms with E-state index in [0.717, 1.165) is 36.5 Å². The average molecular weight is 369 g/mol.